The van der Waals surface area contributed by atoms with E-state index in [-0.39, 0.29) is 24.0 Å². The Morgan fingerprint density at radius 1 is 1.07 bits per heavy atom. The molecule has 0 aliphatic heterocycles. The molecule has 2 aromatic rings. The first-order chi connectivity index (χ1) is 12.9. The van der Waals surface area contributed by atoms with Crippen LogP contribution in [-0.2, 0) is 11.3 Å². The van der Waals surface area contributed by atoms with E-state index in [0.717, 1.165) is 5.56 Å². The topological polar surface area (TPSA) is 48.0 Å². The van der Waals surface area contributed by atoms with Gasteiger partial charge in [-0.05, 0) is 43.7 Å². The van der Waals surface area contributed by atoms with Gasteiger partial charge in [0.25, 0.3) is 5.91 Å². The summed E-state index contributed by atoms with van der Waals surface area (Å²) in [6.07, 6.45) is -0.662. The van der Waals surface area contributed by atoms with Crippen molar-refractivity contribution in [2.75, 3.05) is 13.7 Å². The first kappa shape index (κ1) is 20.5. The molecule has 0 heterocycles. The van der Waals surface area contributed by atoms with Crippen LogP contribution in [0.2, 0.25) is 0 Å². The number of likely N-dealkylation sites (N-methyl/N-ethyl adjacent to an activating group) is 1. The van der Waals surface area contributed by atoms with Gasteiger partial charge in [0.1, 0.15) is 5.75 Å². The van der Waals surface area contributed by atoms with Gasteiger partial charge in [0, 0.05) is 13.6 Å². The molecule has 0 spiro atoms. The number of hydrogen-bond donors (Lipinski definition) is 0. The van der Waals surface area contributed by atoms with Gasteiger partial charge in [-0.25, -0.2) is 0 Å². The van der Waals surface area contributed by atoms with Gasteiger partial charge in [-0.1, -0.05) is 24.3 Å². The van der Waals surface area contributed by atoms with Crippen molar-refractivity contribution in [2.45, 2.75) is 33.1 Å². The van der Waals surface area contributed by atoms with E-state index < -0.39 is 12.7 Å². The number of rotatable bonds is 9. The molecule has 1 amide bonds. The summed E-state index contributed by atoms with van der Waals surface area (Å²) < 4.78 is 40.4. The molecule has 0 radical (unpaired) electrons. The number of carbonyl (C=O) groups excluding carboxylic acids is 1. The van der Waals surface area contributed by atoms with E-state index in [4.69, 9.17) is 9.47 Å². The molecule has 0 bridgehead atoms. The lowest BCUT2D eigenvalue weighted by atomic mass is 10.2. The highest BCUT2D eigenvalue weighted by Crippen LogP contribution is 2.30. The highest BCUT2D eigenvalue weighted by molar-refractivity contribution is 5.80. The highest BCUT2D eigenvalue weighted by Gasteiger charge is 2.20. The van der Waals surface area contributed by atoms with Gasteiger partial charge in [0.2, 0.25) is 0 Å². The third kappa shape index (κ3) is 6.13. The SMILES string of the molecule is CCOc1cc(CN(C)C(=O)C(C)Oc2ccccc2)ccc1OC(F)F. The maximum Gasteiger partial charge on any atom is 0.387 e. The van der Waals surface area contributed by atoms with Gasteiger partial charge >= 0.3 is 6.61 Å². The largest absolute Gasteiger partial charge is 0.490 e. The van der Waals surface area contributed by atoms with Gasteiger partial charge in [-0.2, -0.15) is 8.78 Å². The zero-order valence-electron chi connectivity index (χ0n) is 15.5. The minimum atomic E-state index is -2.93. The van der Waals surface area contributed by atoms with Gasteiger partial charge in [-0.15, -0.1) is 0 Å². The zero-order valence-corrected chi connectivity index (χ0v) is 15.5. The number of hydrogen-bond acceptors (Lipinski definition) is 4. The second-order valence-corrected chi connectivity index (χ2v) is 5.86. The summed E-state index contributed by atoms with van der Waals surface area (Å²) in [6.45, 7) is 1.07. The smallest absolute Gasteiger partial charge is 0.387 e. The van der Waals surface area contributed by atoms with Crippen LogP contribution in [0.15, 0.2) is 48.5 Å². The number of alkyl halides is 2. The van der Waals surface area contributed by atoms with E-state index in [1.54, 1.807) is 45.2 Å². The average molecular weight is 379 g/mol. The fourth-order valence-corrected chi connectivity index (χ4v) is 2.53. The molecule has 0 saturated carbocycles. The second-order valence-electron chi connectivity index (χ2n) is 5.86. The highest BCUT2D eigenvalue weighted by atomic mass is 19.3. The van der Waals surface area contributed by atoms with Crippen LogP contribution in [0, 0.1) is 0 Å². The normalized spacial score (nSPS) is 11.8. The number of halogens is 2. The fourth-order valence-electron chi connectivity index (χ4n) is 2.53. The summed E-state index contributed by atoms with van der Waals surface area (Å²) in [7, 11) is 1.65. The van der Waals surface area contributed by atoms with Crippen LogP contribution < -0.4 is 14.2 Å². The van der Waals surface area contributed by atoms with E-state index in [2.05, 4.69) is 4.74 Å². The molecule has 0 N–H and O–H groups in total. The van der Waals surface area contributed by atoms with Crippen molar-refractivity contribution in [1.29, 1.82) is 0 Å². The predicted molar refractivity (Wildman–Crippen MR) is 97.2 cm³/mol. The van der Waals surface area contributed by atoms with Crippen LogP contribution in [0.4, 0.5) is 8.78 Å². The Kier molecular flexibility index (Phi) is 7.40. The standard InChI is InChI=1S/C20H23F2NO4/c1-4-25-18-12-15(10-11-17(18)27-20(21)22)13-23(3)19(24)14(2)26-16-8-6-5-7-9-16/h5-12,14,20H,4,13H2,1-3H3. The zero-order chi connectivity index (χ0) is 19.8. The van der Waals surface area contributed by atoms with Crippen LogP contribution >= 0.6 is 0 Å². The minimum absolute atomic E-state index is 0.0367. The van der Waals surface area contributed by atoms with Crippen molar-refractivity contribution >= 4 is 5.91 Å². The van der Waals surface area contributed by atoms with E-state index in [1.807, 2.05) is 18.2 Å². The Balaban J connectivity index is 2.04. The Bertz CT molecular complexity index is 740. The molecule has 2 aromatic carbocycles. The lowest BCUT2D eigenvalue weighted by Gasteiger charge is -2.23. The molecule has 5 nitrogen and oxygen atoms in total. The van der Waals surface area contributed by atoms with Gasteiger partial charge < -0.3 is 19.1 Å². The molecule has 0 saturated heterocycles. The Morgan fingerprint density at radius 3 is 2.41 bits per heavy atom. The molecular weight excluding hydrogens is 356 g/mol. The van der Waals surface area contributed by atoms with Crippen LogP contribution in [-0.4, -0.2) is 37.2 Å². The van der Waals surface area contributed by atoms with Crippen LogP contribution in [0.1, 0.15) is 19.4 Å². The van der Waals surface area contributed by atoms with Crippen molar-refractivity contribution in [1.82, 2.24) is 4.90 Å². The quantitative estimate of drug-likeness (QED) is 0.658. The van der Waals surface area contributed by atoms with Crippen LogP contribution in [0.5, 0.6) is 17.2 Å². The maximum absolute atomic E-state index is 12.5. The summed E-state index contributed by atoms with van der Waals surface area (Å²) in [6, 6.07) is 13.7. The average Bonchev–Trinajstić information content (AvgIpc) is 2.64. The molecule has 0 aromatic heterocycles. The molecule has 1 unspecified atom stereocenters. The molecule has 0 aliphatic rings. The second kappa shape index (κ2) is 9.75. The number of carbonyl (C=O) groups is 1. The Morgan fingerprint density at radius 2 is 1.78 bits per heavy atom. The lowest BCUT2D eigenvalue weighted by Crippen LogP contribution is -2.37. The third-order valence-electron chi connectivity index (χ3n) is 3.72. The van der Waals surface area contributed by atoms with Crippen molar-refractivity contribution in [3.8, 4) is 17.2 Å². The first-order valence-electron chi connectivity index (χ1n) is 8.58. The van der Waals surface area contributed by atoms with Crippen molar-refractivity contribution in [2.24, 2.45) is 0 Å². The van der Waals surface area contributed by atoms with E-state index >= 15 is 0 Å². The predicted octanol–water partition coefficient (Wildman–Crippen LogP) is 4.11. The van der Waals surface area contributed by atoms with Crippen LogP contribution in [0.25, 0.3) is 0 Å². The molecule has 0 aliphatic carbocycles. The summed E-state index contributed by atoms with van der Waals surface area (Å²) >= 11 is 0. The van der Waals surface area contributed by atoms with E-state index in [9.17, 15) is 13.6 Å². The molecule has 7 heteroatoms. The fraction of sp³-hybridized carbons (Fsp3) is 0.350. The summed E-state index contributed by atoms with van der Waals surface area (Å²) in [4.78, 5) is 14.0. The number of nitrogens with zero attached hydrogens (tertiary/aromatic N) is 1. The molecular formula is C20H23F2NO4. The van der Waals surface area contributed by atoms with Gasteiger partial charge in [0.05, 0.1) is 6.61 Å². The number of ether oxygens (including phenoxy) is 3. The molecule has 0 fully saturated rings. The van der Waals surface area contributed by atoms with E-state index in [1.165, 1.54) is 11.0 Å². The van der Waals surface area contributed by atoms with Crippen LogP contribution in [0.3, 0.4) is 0 Å². The van der Waals surface area contributed by atoms with Crippen molar-refractivity contribution < 1.29 is 27.8 Å². The summed E-state index contributed by atoms with van der Waals surface area (Å²) in [5, 5.41) is 0. The molecule has 2 rings (SSSR count). The van der Waals surface area contributed by atoms with E-state index in [0.29, 0.717) is 12.4 Å². The summed E-state index contributed by atoms with van der Waals surface area (Å²) in [5.41, 5.74) is 0.725. The third-order valence-corrected chi connectivity index (χ3v) is 3.72. The number of amides is 1. The number of para-hydroxylation sites is 1. The maximum atomic E-state index is 12.5. The van der Waals surface area contributed by atoms with Gasteiger partial charge in [0.15, 0.2) is 17.6 Å². The Hall–Kier alpha value is -2.83. The van der Waals surface area contributed by atoms with Crippen molar-refractivity contribution in [3.63, 3.8) is 0 Å². The minimum Gasteiger partial charge on any atom is -0.490 e. The Labute approximate surface area is 157 Å². The summed E-state index contributed by atoms with van der Waals surface area (Å²) in [5.74, 6) is 0.582. The molecule has 1 atom stereocenters. The molecule has 27 heavy (non-hydrogen) atoms. The van der Waals surface area contributed by atoms with Gasteiger partial charge in [-0.3, -0.25) is 4.79 Å². The monoisotopic (exact) mass is 379 g/mol. The number of benzene rings is 2. The molecule has 146 valence electrons. The van der Waals surface area contributed by atoms with Crippen molar-refractivity contribution in [3.05, 3.63) is 54.1 Å². The first-order valence-corrected chi connectivity index (χ1v) is 8.58. The lowest BCUT2D eigenvalue weighted by molar-refractivity contribution is -0.137.